The standard InChI is InChI=1S/C17H19N3O6S/c1-19-15(23)12(20(17(19)27)9-14(22)25-2)8-13(21)18-11-6-4-10(5-7-11)16(24)26-3/h4-7,12H,8-9H2,1-3H3,(H,18,21). The van der Waals surface area contributed by atoms with E-state index in [0.29, 0.717) is 11.3 Å². The number of likely N-dealkylation sites (N-methyl/N-ethyl adjacent to an activating group) is 1. The van der Waals surface area contributed by atoms with E-state index in [1.165, 1.54) is 43.2 Å². The molecule has 1 N–H and O–H groups in total. The highest BCUT2D eigenvalue weighted by Gasteiger charge is 2.42. The quantitative estimate of drug-likeness (QED) is 0.547. The Morgan fingerprint density at radius 1 is 1.15 bits per heavy atom. The van der Waals surface area contributed by atoms with Crippen molar-refractivity contribution in [1.29, 1.82) is 0 Å². The molecular formula is C17H19N3O6S. The Bertz CT molecular complexity index is 779. The number of carbonyl (C=O) groups is 4. The van der Waals surface area contributed by atoms with Crippen molar-refractivity contribution in [2.45, 2.75) is 12.5 Å². The van der Waals surface area contributed by atoms with Gasteiger partial charge in [0.2, 0.25) is 5.91 Å². The number of methoxy groups -OCH3 is 2. The predicted molar refractivity (Wildman–Crippen MR) is 98.9 cm³/mol. The molecule has 1 saturated heterocycles. The van der Waals surface area contributed by atoms with Gasteiger partial charge in [-0.2, -0.15) is 0 Å². The average molecular weight is 393 g/mol. The maximum Gasteiger partial charge on any atom is 0.337 e. The maximum absolute atomic E-state index is 12.3. The van der Waals surface area contributed by atoms with Crippen LogP contribution >= 0.6 is 12.2 Å². The molecule has 10 heteroatoms. The molecule has 1 aromatic rings. The van der Waals surface area contributed by atoms with Crippen LogP contribution < -0.4 is 5.32 Å². The Morgan fingerprint density at radius 3 is 2.33 bits per heavy atom. The van der Waals surface area contributed by atoms with Gasteiger partial charge < -0.3 is 19.7 Å². The molecule has 0 bridgehead atoms. The zero-order valence-corrected chi connectivity index (χ0v) is 15.9. The first-order chi connectivity index (χ1) is 12.8. The second-order valence-electron chi connectivity index (χ2n) is 5.72. The number of anilines is 1. The minimum absolute atomic E-state index is 0.158. The van der Waals surface area contributed by atoms with E-state index >= 15 is 0 Å². The number of hydrogen-bond donors (Lipinski definition) is 1. The first-order valence-corrected chi connectivity index (χ1v) is 8.32. The lowest BCUT2D eigenvalue weighted by Crippen LogP contribution is -2.41. The number of rotatable bonds is 6. The van der Waals surface area contributed by atoms with Crippen LogP contribution in [0.15, 0.2) is 24.3 Å². The van der Waals surface area contributed by atoms with Crippen molar-refractivity contribution in [2.75, 3.05) is 33.1 Å². The van der Waals surface area contributed by atoms with E-state index in [4.69, 9.17) is 12.2 Å². The highest BCUT2D eigenvalue weighted by Crippen LogP contribution is 2.20. The molecule has 2 amide bonds. The summed E-state index contributed by atoms with van der Waals surface area (Å²) in [6.45, 7) is -0.225. The SMILES string of the molecule is COC(=O)CN1C(=S)N(C)C(=O)C1CC(=O)Nc1ccc(C(=O)OC)cc1. The lowest BCUT2D eigenvalue weighted by atomic mass is 10.1. The first kappa shape index (κ1) is 20.3. The highest BCUT2D eigenvalue weighted by molar-refractivity contribution is 7.80. The van der Waals surface area contributed by atoms with Gasteiger partial charge in [-0.25, -0.2) is 4.79 Å². The topological polar surface area (TPSA) is 105 Å². The number of carbonyl (C=O) groups excluding carboxylic acids is 4. The summed E-state index contributed by atoms with van der Waals surface area (Å²) < 4.78 is 9.22. The monoisotopic (exact) mass is 393 g/mol. The molecule has 0 radical (unpaired) electrons. The van der Waals surface area contributed by atoms with Crippen molar-refractivity contribution in [1.82, 2.24) is 9.80 Å². The summed E-state index contributed by atoms with van der Waals surface area (Å²) in [7, 11) is 3.99. The zero-order chi connectivity index (χ0) is 20.1. The number of nitrogens with zero attached hydrogens (tertiary/aromatic N) is 2. The average Bonchev–Trinajstić information content (AvgIpc) is 2.86. The third-order valence-electron chi connectivity index (χ3n) is 4.02. The molecule has 1 unspecified atom stereocenters. The van der Waals surface area contributed by atoms with Crippen molar-refractivity contribution in [3.8, 4) is 0 Å². The summed E-state index contributed by atoms with van der Waals surface area (Å²) >= 11 is 5.16. The van der Waals surface area contributed by atoms with Gasteiger partial charge in [0.05, 0.1) is 26.2 Å². The van der Waals surface area contributed by atoms with Crippen LogP contribution in [0.1, 0.15) is 16.8 Å². The van der Waals surface area contributed by atoms with Gasteiger partial charge in [0.15, 0.2) is 5.11 Å². The van der Waals surface area contributed by atoms with Gasteiger partial charge in [-0.3, -0.25) is 19.3 Å². The molecule has 0 aliphatic carbocycles. The summed E-state index contributed by atoms with van der Waals surface area (Å²) in [6, 6.07) is 5.21. The second kappa shape index (κ2) is 8.58. The Labute approximate surface area is 161 Å². The Hall–Kier alpha value is -3.01. The molecule has 1 atom stereocenters. The largest absolute Gasteiger partial charge is 0.468 e. The van der Waals surface area contributed by atoms with Crippen LogP contribution in [0.5, 0.6) is 0 Å². The molecule has 0 saturated carbocycles. The number of hydrogen-bond acceptors (Lipinski definition) is 7. The van der Waals surface area contributed by atoms with E-state index in [9.17, 15) is 19.2 Å². The van der Waals surface area contributed by atoms with Crippen LogP contribution in [0.3, 0.4) is 0 Å². The Balaban J connectivity index is 2.06. The summed E-state index contributed by atoms with van der Waals surface area (Å²) in [5, 5.41) is 2.80. The van der Waals surface area contributed by atoms with Crippen LogP contribution in [0.4, 0.5) is 5.69 Å². The molecule has 9 nitrogen and oxygen atoms in total. The Morgan fingerprint density at radius 2 is 1.78 bits per heavy atom. The molecule has 1 aliphatic rings. The van der Waals surface area contributed by atoms with Crippen LogP contribution in [0, 0.1) is 0 Å². The van der Waals surface area contributed by atoms with Gasteiger partial charge in [0.1, 0.15) is 12.6 Å². The fourth-order valence-corrected chi connectivity index (χ4v) is 2.83. The molecule has 1 heterocycles. The molecule has 1 fully saturated rings. The summed E-state index contributed by atoms with van der Waals surface area (Å²) in [4.78, 5) is 50.3. The molecule has 0 spiro atoms. The van der Waals surface area contributed by atoms with Gasteiger partial charge in [0.25, 0.3) is 5.91 Å². The molecule has 0 aromatic heterocycles. The first-order valence-electron chi connectivity index (χ1n) is 7.91. The summed E-state index contributed by atoms with van der Waals surface area (Å²) in [5.41, 5.74) is 0.797. The van der Waals surface area contributed by atoms with E-state index in [1.54, 1.807) is 12.1 Å². The third kappa shape index (κ3) is 4.59. The van der Waals surface area contributed by atoms with Crippen molar-refractivity contribution < 1.29 is 28.7 Å². The molecule has 27 heavy (non-hydrogen) atoms. The van der Waals surface area contributed by atoms with Crippen LogP contribution in [0.25, 0.3) is 0 Å². The number of ether oxygens (including phenoxy) is 2. The van der Waals surface area contributed by atoms with E-state index in [0.717, 1.165) is 0 Å². The van der Waals surface area contributed by atoms with Gasteiger partial charge in [-0.05, 0) is 36.5 Å². The number of esters is 2. The van der Waals surface area contributed by atoms with Gasteiger partial charge in [-0.1, -0.05) is 0 Å². The molecule has 2 rings (SSSR count). The van der Waals surface area contributed by atoms with Gasteiger partial charge >= 0.3 is 11.9 Å². The van der Waals surface area contributed by atoms with Crippen LogP contribution in [0.2, 0.25) is 0 Å². The number of nitrogens with one attached hydrogen (secondary N) is 1. The molecule has 1 aliphatic heterocycles. The van der Waals surface area contributed by atoms with E-state index < -0.39 is 23.9 Å². The number of amides is 2. The second-order valence-corrected chi connectivity index (χ2v) is 6.09. The Kier molecular flexibility index (Phi) is 6.45. The van der Waals surface area contributed by atoms with Crippen molar-refractivity contribution in [3.63, 3.8) is 0 Å². The lowest BCUT2D eigenvalue weighted by molar-refractivity contribution is -0.141. The van der Waals surface area contributed by atoms with Crippen molar-refractivity contribution in [2.24, 2.45) is 0 Å². The molecule has 1 aromatic carbocycles. The minimum atomic E-state index is -0.893. The van der Waals surface area contributed by atoms with Gasteiger partial charge in [-0.15, -0.1) is 0 Å². The molecule has 144 valence electrons. The van der Waals surface area contributed by atoms with Crippen molar-refractivity contribution in [3.05, 3.63) is 29.8 Å². The fraction of sp³-hybridized carbons (Fsp3) is 0.353. The maximum atomic E-state index is 12.3. The molecular weight excluding hydrogens is 374 g/mol. The van der Waals surface area contributed by atoms with Crippen LogP contribution in [-0.4, -0.2) is 72.5 Å². The zero-order valence-electron chi connectivity index (χ0n) is 15.1. The van der Waals surface area contributed by atoms with E-state index in [2.05, 4.69) is 14.8 Å². The third-order valence-corrected chi connectivity index (χ3v) is 4.53. The smallest absolute Gasteiger partial charge is 0.337 e. The van der Waals surface area contributed by atoms with Crippen molar-refractivity contribution >= 4 is 46.8 Å². The van der Waals surface area contributed by atoms with E-state index in [1.807, 2.05) is 0 Å². The summed E-state index contributed by atoms with van der Waals surface area (Å²) in [5.74, 6) is -1.86. The highest BCUT2D eigenvalue weighted by atomic mass is 32.1. The van der Waals surface area contributed by atoms with E-state index in [-0.39, 0.29) is 24.0 Å². The van der Waals surface area contributed by atoms with Crippen LogP contribution in [-0.2, 0) is 23.9 Å². The fourth-order valence-electron chi connectivity index (χ4n) is 2.55. The van der Waals surface area contributed by atoms with Gasteiger partial charge in [0, 0.05) is 12.7 Å². The lowest BCUT2D eigenvalue weighted by Gasteiger charge is -2.21. The summed E-state index contributed by atoms with van der Waals surface area (Å²) in [6.07, 6.45) is -0.195. The number of benzene rings is 1. The number of thiocarbonyl (C=S) groups is 1. The normalized spacial score (nSPS) is 16.3. The predicted octanol–water partition coefficient (Wildman–Crippen LogP) is 0.402. The minimum Gasteiger partial charge on any atom is -0.468 e.